The molecule has 0 N–H and O–H groups in total. The van der Waals surface area contributed by atoms with Crippen LogP contribution >= 0.6 is 0 Å². The summed E-state index contributed by atoms with van der Waals surface area (Å²) in [5, 5.41) is 6.43. The maximum Gasteiger partial charge on any atom is 0.230 e. The van der Waals surface area contributed by atoms with Crippen molar-refractivity contribution >= 4 is 71.4 Å². The van der Waals surface area contributed by atoms with Gasteiger partial charge in [-0.15, -0.1) is 0 Å². The summed E-state index contributed by atoms with van der Waals surface area (Å²) in [6, 6.07) is 41.5. The van der Waals surface area contributed by atoms with Crippen LogP contribution in [0.5, 0.6) is 0 Å². The number of aromatic nitrogens is 1. The molecule has 0 saturated heterocycles. The lowest BCUT2D eigenvalue weighted by atomic mass is 9.99. The van der Waals surface area contributed by atoms with Crippen LogP contribution < -0.4 is 0 Å². The van der Waals surface area contributed by atoms with Gasteiger partial charge in [0.05, 0.1) is 23.3 Å². The van der Waals surface area contributed by atoms with Gasteiger partial charge < -0.3 is 13.4 Å². The minimum absolute atomic E-state index is 0.481. The topological polar surface area (TPSA) is 35.6 Å². The first-order valence-electron chi connectivity index (χ1n) is 13.6. The van der Waals surface area contributed by atoms with Gasteiger partial charge in [0.1, 0.15) is 16.7 Å². The van der Waals surface area contributed by atoms with Crippen molar-refractivity contribution in [2.75, 3.05) is 0 Å². The van der Waals surface area contributed by atoms with Crippen LogP contribution in [0, 0.1) is 6.57 Å². The Balaban J connectivity index is 1.35. The molecule has 0 unspecified atom stereocenters. The van der Waals surface area contributed by atoms with E-state index in [1.54, 1.807) is 0 Å². The van der Waals surface area contributed by atoms with E-state index in [4.69, 9.17) is 15.4 Å². The van der Waals surface area contributed by atoms with Gasteiger partial charge in [0.25, 0.3) is 0 Å². The highest BCUT2D eigenvalue weighted by molar-refractivity contribution is 6.16. The van der Waals surface area contributed by atoms with Crippen LogP contribution in [0.4, 0.5) is 5.69 Å². The Morgan fingerprint density at radius 1 is 0.512 bits per heavy atom. The maximum atomic E-state index is 8.05. The Morgan fingerprint density at radius 3 is 1.90 bits per heavy atom. The van der Waals surface area contributed by atoms with Gasteiger partial charge in [-0.1, -0.05) is 84.9 Å². The lowest BCUT2D eigenvalue weighted by Crippen LogP contribution is -1.93. The molecule has 0 aliphatic carbocycles. The Hall–Kier alpha value is -5.79. The SMILES string of the molecule is [C-]#[N+]c1cc(-c2cccc3c2oc2ccccc23)cc2c1oc1c(-n3c4ccccc4c4ccccc43)cccc12. The third-order valence-electron chi connectivity index (χ3n) is 8.21. The van der Waals surface area contributed by atoms with Crippen molar-refractivity contribution in [2.45, 2.75) is 0 Å². The van der Waals surface area contributed by atoms with E-state index >= 15 is 0 Å². The molecule has 0 amide bonds. The highest BCUT2D eigenvalue weighted by atomic mass is 16.3. The van der Waals surface area contributed by atoms with Crippen LogP contribution in [0.3, 0.4) is 0 Å². The van der Waals surface area contributed by atoms with Crippen molar-refractivity contribution in [1.82, 2.24) is 4.57 Å². The van der Waals surface area contributed by atoms with Crippen LogP contribution in [0.15, 0.2) is 130 Å². The number of para-hydroxylation sites is 5. The zero-order valence-corrected chi connectivity index (χ0v) is 21.8. The van der Waals surface area contributed by atoms with Gasteiger partial charge in [0.2, 0.25) is 5.69 Å². The molecule has 4 nitrogen and oxygen atoms in total. The number of benzene rings is 6. The van der Waals surface area contributed by atoms with Gasteiger partial charge in [0.15, 0.2) is 5.58 Å². The van der Waals surface area contributed by atoms with E-state index in [9.17, 15) is 0 Å². The Morgan fingerprint density at radius 2 is 1.15 bits per heavy atom. The summed E-state index contributed by atoms with van der Waals surface area (Å²) in [6.07, 6.45) is 0. The highest BCUT2D eigenvalue weighted by Gasteiger charge is 2.20. The summed E-state index contributed by atoms with van der Waals surface area (Å²) in [6.45, 7) is 8.05. The number of nitrogens with zero attached hydrogens (tertiary/aromatic N) is 2. The van der Waals surface area contributed by atoms with Gasteiger partial charge in [-0.3, -0.25) is 0 Å². The average Bonchev–Trinajstić information content (AvgIpc) is 3.70. The molecule has 3 heterocycles. The molecule has 0 fully saturated rings. The first-order chi connectivity index (χ1) is 20.3. The van der Waals surface area contributed by atoms with E-state index in [2.05, 4.69) is 106 Å². The first-order valence-corrected chi connectivity index (χ1v) is 13.6. The second kappa shape index (κ2) is 8.11. The summed E-state index contributed by atoms with van der Waals surface area (Å²) in [5.74, 6) is 0. The minimum Gasteiger partial charge on any atom is -0.465 e. The van der Waals surface area contributed by atoms with Crippen molar-refractivity contribution in [2.24, 2.45) is 0 Å². The molecule has 9 rings (SSSR count). The van der Waals surface area contributed by atoms with E-state index in [0.717, 1.165) is 66.1 Å². The molecule has 9 aromatic rings. The molecule has 0 aliphatic heterocycles. The fourth-order valence-electron chi connectivity index (χ4n) is 6.44. The highest BCUT2D eigenvalue weighted by Crippen LogP contribution is 2.44. The second-order valence-corrected chi connectivity index (χ2v) is 10.4. The van der Waals surface area contributed by atoms with Gasteiger partial charge in [-0.05, 0) is 42.0 Å². The monoisotopic (exact) mass is 524 g/mol. The van der Waals surface area contributed by atoms with Gasteiger partial charge in [-0.25, -0.2) is 4.85 Å². The minimum atomic E-state index is 0.481. The predicted molar refractivity (Wildman–Crippen MR) is 167 cm³/mol. The number of fused-ring (bicyclic) bond motifs is 9. The molecule has 0 radical (unpaired) electrons. The summed E-state index contributed by atoms with van der Waals surface area (Å²) < 4.78 is 15.2. The molecule has 3 aromatic heterocycles. The van der Waals surface area contributed by atoms with Gasteiger partial charge in [0, 0.05) is 37.9 Å². The predicted octanol–water partition coefficient (Wildman–Crippen LogP) is 10.8. The lowest BCUT2D eigenvalue weighted by Gasteiger charge is -2.08. The second-order valence-electron chi connectivity index (χ2n) is 10.4. The third kappa shape index (κ3) is 2.98. The van der Waals surface area contributed by atoms with Crippen LogP contribution in [0.1, 0.15) is 0 Å². The Labute approximate surface area is 234 Å². The van der Waals surface area contributed by atoms with E-state index < -0.39 is 0 Å². The molecule has 41 heavy (non-hydrogen) atoms. The fraction of sp³-hybridized carbons (Fsp3) is 0. The van der Waals surface area contributed by atoms with Crippen molar-refractivity contribution < 1.29 is 8.83 Å². The quantitative estimate of drug-likeness (QED) is 0.211. The van der Waals surface area contributed by atoms with Crippen molar-refractivity contribution in [3.63, 3.8) is 0 Å². The molecule has 0 spiro atoms. The Kier molecular flexibility index (Phi) is 4.37. The molecular formula is C37H20N2O2. The average molecular weight is 525 g/mol. The van der Waals surface area contributed by atoms with E-state index in [1.165, 1.54) is 10.8 Å². The summed E-state index contributed by atoms with van der Waals surface area (Å²) >= 11 is 0. The number of furan rings is 2. The van der Waals surface area contributed by atoms with Crippen molar-refractivity contribution in [3.8, 4) is 16.8 Å². The Bertz CT molecular complexity index is 2500. The fourth-order valence-corrected chi connectivity index (χ4v) is 6.44. The van der Waals surface area contributed by atoms with E-state index in [-0.39, 0.29) is 0 Å². The smallest absolute Gasteiger partial charge is 0.230 e. The molecule has 6 aromatic carbocycles. The van der Waals surface area contributed by atoms with Gasteiger partial charge >= 0.3 is 0 Å². The zero-order chi connectivity index (χ0) is 27.1. The van der Waals surface area contributed by atoms with Crippen LogP contribution in [-0.2, 0) is 0 Å². The first kappa shape index (κ1) is 22.1. The van der Waals surface area contributed by atoms with Crippen LogP contribution in [0.2, 0.25) is 0 Å². The summed E-state index contributed by atoms with van der Waals surface area (Å²) in [5.41, 5.74) is 8.59. The van der Waals surface area contributed by atoms with Crippen molar-refractivity contribution in [3.05, 3.63) is 133 Å². The zero-order valence-electron chi connectivity index (χ0n) is 21.8. The summed E-state index contributed by atoms with van der Waals surface area (Å²) in [4.78, 5) is 3.91. The van der Waals surface area contributed by atoms with Crippen LogP contribution in [0.25, 0.3) is 87.3 Å². The number of hydrogen-bond donors (Lipinski definition) is 0. The summed E-state index contributed by atoms with van der Waals surface area (Å²) in [7, 11) is 0. The molecule has 0 atom stereocenters. The van der Waals surface area contributed by atoms with Crippen molar-refractivity contribution in [1.29, 1.82) is 0 Å². The molecule has 0 bridgehead atoms. The van der Waals surface area contributed by atoms with E-state index in [1.807, 2.05) is 24.3 Å². The number of hydrogen-bond acceptors (Lipinski definition) is 2. The normalized spacial score (nSPS) is 11.9. The van der Waals surface area contributed by atoms with E-state index in [0.29, 0.717) is 11.3 Å². The standard InChI is InChI=1S/C37H20N2O2/c1-38-30-21-22(23-13-8-14-27-26-12-4-7-19-34(26)40-35(23)27)20-29-28-15-9-18-33(37(28)41-36(29)30)39-31-16-5-2-10-24(31)25-11-3-6-17-32(25)39/h2-21H. The molecule has 0 aliphatic rings. The van der Waals surface area contributed by atoms with Gasteiger partial charge in [-0.2, -0.15) is 0 Å². The molecular weight excluding hydrogens is 504 g/mol. The molecule has 4 heteroatoms. The lowest BCUT2D eigenvalue weighted by molar-refractivity contribution is 0.667. The number of rotatable bonds is 2. The maximum absolute atomic E-state index is 8.05. The third-order valence-corrected chi connectivity index (χ3v) is 8.21. The van der Waals surface area contributed by atoms with Crippen LogP contribution in [-0.4, -0.2) is 4.57 Å². The molecule has 190 valence electrons. The molecule has 0 saturated carbocycles. The largest absolute Gasteiger partial charge is 0.465 e.